The van der Waals surface area contributed by atoms with Gasteiger partial charge in [-0.3, -0.25) is 0 Å². The Balaban J connectivity index is 3.05. The number of halogens is 3. The van der Waals surface area contributed by atoms with Gasteiger partial charge in [-0.2, -0.15) is 13.2 Å². The molecule has 1 aromatic rings. The van der Waals surface area contributed by atoms with Gasteiger partial charge >= 0.3 is 6.18 Å². The van der Waals surface area contributed by atoms with Crippen molar-refractivity contribution >= 4 is 0 Å². The summed E-state index contributed by atoms with van der Waals surface area (Å²) < 4.78 is 37.0. The lowest BCUT2D eigenvalue weighted by molar-refractivity contribution is -0.137. The minimum atomic E-state index is -4.29. The van der Waals surface area contributed by atoms with Crippen molar-refractivity contribution in [2.24, 2.45) is 11.7 Å². The van der Waals surface area contributed by atoms with E-state index in [1.165, 1.54) is 12.1 Å². The van der Waals surface area contributed by atoms with Gasteiger partial charge in [-0.1, -0.05) is 26.0 Å². The summed E-state index contributed by atoms with van der Waals surface area (Å²) in [6, 6.07) is 5.04. The van der Waals surface area contributed by atoms with Crippen LogP contribution in [-0.2, 0) is 11.7 Å². The van der Waals surface area contributed by atoms with Crippen molar-refractivity contribution in [2.75, 3.05) is 0 Å². The molecule has 0 aliphatic heterocycles. The van der Waals surface area contributed by atoms with Crippen molar-refractivity contribution in [1.82, 2.24) is 0 Å². The van der Waals surface area contributed by atoms with E-state index >= 15 is 0 Å². The first-order valence-corrected chi connectivity index (χ1v) is 5.12. The molecule has 0 radical (unpaired) electrons. The maximum Gasteiger partial charge on any atom is 0.416 e. The predicted octanol–water partition coefficient (Wildman–Crippen LogP) is 3.54. The van der Waals surface area contributed by atoms with Crippen LogP contribution in [0.2, 0.25) is 0 Å². The van der Waals surface area contributed by atoms with Crippen molar-refractivity contribution < 1.29 is 13.2 Å². The highest BCUT2D eigenvalue weighted by Crippen LogP contribution is 2.32. The predicted molar refractivity (Wildman–Crippen MR) is 57.8 cm³/mol. The maximum atomic E-state index is 12.3. The molecule has 0 saturated carbocycles. The summed E-state index contributed by atoms with van der Waals surface area (Å²) >= 11 is 0. The molecule has 4 heteroatoms. The van der Waals surface area contributed by atoms with Gasteiger partial charge in [-0.05, 0) is 30.5 Å². The lowest BCUT2D eigenvalue weighted by Gasteiger charge is -2.30. The van der Waals surface area contributed by atoms with E-state index in [9.17, 15) is 13.2 Å². The highest BCUT2D eigenvalue weighted by molar-refractivity contribution is 5.29. The topological polar surface area (TPSA) is 26.0 Å². The Morgan fingerprint density at radius 2 is 1.38 bits per heavy atom. The molecular weight excluding hydrogens is 215 g/mol. The zero-order valence-corrected chi connectivity index (χ0v) is 9.60. The third-order valence-corrected chi connectivity index (χ3v) is 3.03. The minimum absolute atomic E-state index is 0.157. The van der Waals surface area contributed by atoms with Gasteiger partial charge in [0.25, 0.3) is 0 Å². The quantitative estimate of drug-likeness (QED) is 0.827. The minimum Gasteiger partial charge on any atom is -0.321 e. The van der Waals surface area contributed by atoms with Gasteiger partial charge < -0.3 is 5.73 Å². The normalized spacial score (nSPS) is 16.2. The zero-order valence-electron chi connectivity index (χ0n) is 9.60. The summed E-state index contributed by atoms with van der Waals surface area (Å²) in [5.74, 6) is 0.157. The molecule has 1 atom stereocenters. The van der Waals surface area contributed by atoms with Crippen LogP contribution >= 0.6 is 0 Å². The molecular formula is C12H16F3N. The molecule has 0 bridgehead atoms. The van der Waals surface area contributed by atoms with Crippen LogP contribution in [0.5, 0.6) is 0 Å². The molecule has 1 aromatic carbocycles. The van der Waals surface area contributed by atoms with E-state index in [0.29, 0.717) is 0 Å². The van der Waals surface area contributed by atoms with Gasteiger partial charge in [0.15, 0.2) is 0 Å². The first-order valence-electron chi connectivity index (χ1n) is 5.12. The zero-order chi connectivity index (χ0) is 12.6. The maximum absolute atomic E-state index is 12.3. The largest absolute Gasteiger partial charge is 0.416 e. The molecule has 0 amide bonds. The Hall–Kier alpha value is -1.03. The molecule has 0 heterocycles. The van der Waals surface area contributed by atoms with Gasteiger partial charge in [0, 0.05) is 5.54 Å². The number of hydrogen-bond acceptors (Lipinski definition) is 1. The summed E-state index contributed by atoms with van der Waals surface area (Å²) in [5.41, 5.74) is 5.53. The van der Waals surface area contributed by atoms with Gasteiger partial charge in [-0.15, -0.1) is 0 Å². The van der Waals surface area contributed by atoms with E-state index in [0.717, 1.165) is 17.7 Å². The van der Waals surface area contributed by atoms with Crippen molar-refractivity contribution in [3.63, 3.8) is 0 Å². The van der Waals surface area contributed by atoms with Crippen molar-refractivity contribution in [3.8, 4) is 0 Å². The molecule has 0 aromatic heterocycles. The Morgan fingerprint density at radius 1 is 1.00 bits per heavy atom. The van der Waals surface area contributed by atoms with E-state index in [-0.39, 0.29) is 5.92 Å². The molecule has 0 fully saturated rings. The van der Waals surface area contributed by atoms with Gasteiger partial charge in [0.05, 0.1) is 5.56 Å². The van der Waals surface area contributed by atoms with Crippen LogP contribution in [0, 0.1) is 5.92 Å². The SMILES string of the molecule is CC(C)C(C)(N)c1ccc(C(F)(F)F)cc1. The first kappa shape index (κ1) is 13.0. The second kappa shape index (κ2) is 4.09. The molecule has 1 nitrogen and oxygen atoms in total. The monoisotopic (exact) mass is 231 g/mol. The second-order valence-corrected chi connectivity index (χ2v) is 4.51. The summed E-state index contributed by atoms with van der Waals surface area (Å²) in [6.45, 7) is 5.70. The molecule has 1 rings (SSSR count). The lowest BCUT2D eigenvalue weighted by Crippen LogP contribution is -2.38. The van der Waals surface area contributed by atoms with E-state index < -0.39 is 17.3 Å². The van der Waals surface area contributed by atoms with Crippen molar-refractivity contribution in [1.29, 1.82) is 0 Å². The highest BCUT2D eigenvalue weighted by atomic mass is 19.4. The molecule has 0 saturated heterocycles. The van der Waals surface area contributed by atoms with Gasteiger partial charge in [0.2, 0.25) is 0 Å². The van der Waals surface area contributed by atoms with E-state index in [2.05, 4.69) is 0 Å². The number of benzene rings is 1. The molecule has 16 heavy (non-hydrogen) atoms. The lowest BCUT2D eigenvalue weighted by atomic mass is 9.82. The van der Waals surface area contributed by atoms with Crippen LogP contribution in [0.3, 0.4) is 0 Å². The number of nitrogens with two attached hydrogens (primary N) is 1. The fourth-order valence-corrected chi connectivity index (χ4v) is 1.35. The number of alkyl halides is 3. The van der Waals surface area contributed by atoms with Crippen LogP contribution in [0.4, 0.5) is 13.2 Å². The van der Waals surface area contributed by atoms with Crippen LogP contribution in [0.1, 0.15) is 31.9 Å². The first-order chi connectivity index (χ1) is 7.15. The van der Waals surface area contributed by atoms with Crippen LogP contribution < -0.4 is 5.73 Å². The Labute approximate surface area is 93.5 Å². The van der Waals surface area contributed by atoms with Crippen LogP contribution in [0.25, 0.3) is 0 Å². The average molecular weight is 231 g/mol. The van der Waals surface area contributed by atoms with E-state index in [1.807, 2.05) is 20.8 Å². The van der Waals surface area contributed by atoms with Crippen LogP contribution in [-0.4, -0.2) is 0 Å². The third-order valence-electron chi connectivity index (χ3n) is 3.03. The summed E-state index contributed by atoms with van der Waals surface area (Å²) in [7, 11) is 0. The van der Waals surface area contributed by atoms with Crippen molar-refractivity contribution in [3.05, 3.63) is 35.4 Å². The van der Waals surface area contributed by atoms with Crippen LogP contribution in [0.15, 0.2) is 24.3 Å². The summed E-state index contributed by atoms with van der Waals surface area (Å²) in [4.78, 5) is 0. The molecule has 0 aliphatic carbocycles. The van der Waals surface area contributed by atoms with E-state index in [4.69, 9.17) is 5.73 Å². The standard InChI is InChI=1S/C12H16F3N/c1-8(2)11(3,16)9-4-6-10(7-5-9)12(13,14)15/h4-8H,16H2,1-3H3. The molecule has 1 unspecified atom stereocenters. The average Bonchev–Trinajstić information content (AvgIpc) is 2.16. The summed E-state index contributed by atoms with van der Waals surface area (Å²) in [6.07, 6.45) is -4.29. The number of rotatable bonds is 2. The Bertz CT molecular complexity index is 350. The van der Waals surface area contributed by atoms with Gasteiger partial charge in [-0.25, -0.2) is 0 Å². The fraction of sp³-hybridized carbons (Fsp3) is 0.500. The molecule has 0 spiro atoms. The Morgan fingerprint density at radius 3 is 1.69 bits per heavy atom. The highest BCUT2D eigenvalue weighted by Gasteiger charge is 2.31. The van der Waals surface area contributed by atoms with E-state index in [1.54, 1.807) is 0 Å². The summed E-state index contributed by atoms with van der Waals surface area (Å²) in [5, 5.41) is 0. The number of hydrogen-bond donors (Lipinski definition) is 1. The smallest absolute Gasteiger partial charge is 0.321 e. The molecule has 0 aliphatic rings. The van der Waals surface area contributed by atoms with Gasteiger partial charge in [0.1, 0.15) is 0 Å². The second-order valence-electron chi connectivity index (χ2n) is 4.51. The fourth-order valence-electron chi connectivity index (χ4n) is 1.35. The molecule has 2 N–H and O–H groups in total. The van der Waals surface area contributed by atoms with Crippen molar-refractivity contribution in [2.45, 2.75) is 32.5 Å². The third kappa shape index (κ3) is 2.55. The Kier molecular flexibility index (Phi) is 3.33. The molecule has 90 valence electrons.